The van der Waals surface area contributed by atoms with Crippen molar-refractivity contribution in [1.29, 1.82) is 0 Å². The van der Waals surface area contributed by atoms with E-state index in [4.69, 9.17) is 0 Å². The Morgan fingerprint density at radius 2 is 1.15 bits per heavy atom. The van der Waals surface area contributed by atoms with Gasteiger partial charge in [-0.2, -0.15) is 0 Å². The predicted molar refractivity (Wildman–Crippen MR) is 92.4 cm³/mol. The van der Waals surface area contributed by atoms with Crippen LogP contribution in [0.25, 0.3) is 0 Å². The van der Waals surface area contributed by atoms with Gasteiger partial charge in [0.05, 0.1) is 0 Å². The van der Waals surface area contributed by atoms with Crippen LogP contribution in [0, 0.1) is 5.92 Å². The molecule has 0 fully saturated rings. The third-order valence-corrected chi connectivity index (χ3v) is 4.53. The molecule has 0 amide bonds. The van der Waals surface area contributed by atoms with Crippen LogP contribution in [0.2, 0.25) is 0 Å². The maximum atomic E-state index is 2.55. The van der Waals surface area contributed by atoms with E-state index in [1.807, 2.05) is 0 Å². The van der Waals surface area contributed by atoms with Gasteiger partial charge in [-0.25, -0.2) is 0 Å². The Morgan fingerprint density at radius 3 is 1.70 bits per heavy atom. The molecule has 2 heteroatoms. The lowest BCUT2D eigenvalue weighted by atomic mass is 10.0. The Hall–Kier alpha value is -0.0800. The van der Waals surface area contributed by atoms with Crippen molar-refractivity contribution in [3.05, 3.63) is 0 Å². The van der Waals surface area contributed by atoms with Crippen LogP contribution >= 0.6 is 0 Å². The van der Waals surface area contributed by atoms with Crippen molar-refractivity contribution in [2.75, 3.05) is 39.3 Å². The van der Waals surface area contributed by atoms with Crippen molar-refractivity contribution < 1.29 is 0 Å². The van der Waals surface area contributed by atoms with Crippen molar-refractivity contribution in [2.24, 2.45) is 5.92 Å². The molecule has 122 valence electrons. The minimum atomic E-state index is 0.866. The Morgan fingerprint density at radius 1 is 0.650 bits per heavy atom. The molecule has 0 aromatic rings. The standard InChI is InChI=1S/C18H40N2/c1-6-19(7-2)16-14-12-10-11-13-15-18(5)17-20(8-3)9-4/h18H,6-17H2,1-5H3. The van der Waals surface area contributed by atoms with E-state index in [-0.39, 0.29) is 0 Å². The molecule has 0 aromatic carbocycles. The Bertz CT molecular complexity index is 186. The largest absolute Gasteiger partial charge is 0.304 e. The highest BCUT2D eigenvalue weighted by molar-refractivity contribution is 4.61. The highest BCUT2D eigenvalue weighted by Gasteiger charge is 2.06. The second-order valence-corrected chi connectivity index (χ2v) is 6.17. The fourth-order valence-electron chi connectivity index (χ4n) is 2.91. The summed E-state index contributed by atoms with van der Waals surface area (Å²) in [7, 11) is 0. The van der Waals surface area contributed by atoms with Crippen LogP contribution in [0.3, 0.4) is 0 Å². The third kappa shape index (κ3) is 10.7. The maximum Gasteiger partial charge on any atom is 0.000679 e. The zero-order valence-corrected chi connectivity index (χ0v) is 15.0. The first-order valence-corrected chi connectivity index (χ1v) is 9.12. The van der Waals surface area contributed by atoms with Gasteiger partial charge in [-0.15, -0.1) is 0 Å². The molecule has 0 aliphatic heterocycles. The summed E-state index contributed by atoms with van der Waals surface area (Å²) in [6.07, 6.45) is 8.50. The summed E-state index contributed by atoms with van der Waals surface area (Å²) in [5.74, 6) is 0.866. The molecule has 0 spiro atoms. The van der Waals surface area contributed by atoms with Crippen molar-refractivity contribution >= 4 is 0 Å². The molecule has 0 radical (unpaired) electrons. The first kappa shape index (κ1) is 19.9. The summed E-state index contributed by atoms with van der Waals surface area (Å²) in [4.78, 5) is 5.08. The van der Waals surface area contributed by atoms with Gasteiger partial charge in [-0.05, 0) is 51.5 Å². The van der Waals surface area contributed by atoms with E-state index in [0.29, 0.717) is 0 Å². The molecule has 0 bridgehead atoms. The summed E-state index contributed by atoms with van der Waals surface area (Å²) < 4.78 is 0. The maximum absolute atomic E-state index is 2.55. The summed E-state index contributed by atoms with van der Waals surface area (Å²) >= 11 is 0. The van der Waals surface area contributed by atoms with Crippen LogP contribution < -0.4 is 0 Å². The van der Waals surface area contributed by atoms with E-state index in [2.05, 4.69) is 44.4 Å². The first-order chi connectivity index (χ1) is 9.67. The molecule has 0 N–H and O–H groups in total. The second kappa shape index (κ2) is 13.9. The number of rotatable bonds is 14. The van der Waals surface area contributed by atoms with Crippen LogP contribution in [0.4, 0.5) is 0 Å². The average molecular weight is 285 g/mol. The van der Waals surface area contributed by atoms with Gasteiger partial charge in [0.2, 0.25) is 0 Å². The van der Waals surface area contributed by atoms with Gasteiger partial charge < -0.3 is 9.80 Å². The van der Waals surface area contributed by atoms with Crippen molar-refractivity contribution in [2.45, 2.75) is 73.1 Å². The normalized spacial score (nSPS) is 13.3. The summed E-state index contributed by atoms with van der Waals surface area (Å²) in [5, 5.41) is 0. The van der Waals surface area contributed by atoms with Crippen LogP contribution in [0.1, 0.15) is 73.1 Å². The Labute approximate surface area is 128 Å². The minimum Gasteiger partial charge on any atom is -0.304 e. The number of hydrogen-bond donors (Lipinski definition) is 0. The fraction of sp³-hybridized carbons (Fsp3) is 1.00. The van der Waals surface area contributed by atoms with E-state index in [9.17, 15) is 0 Å². The number of hydrogen-bond acceptors (Lipinski definition) is 2. The molecular weight excluding hydrogens is 244 g/mol. The molecule has 0 aromatic heterocycles. The van der Waals surface area contributed by atoms with Crippen LogP contribution in [-0.2, 0) is 0 Å². The molecule has 2 nitrogen and oxygen atoms in total. The van der Waals surface area contributed by atoms with Gasteiger partial charge in [0.15, 0.2) is 0 Å². The molecule has 1 atom stereocenters. The summed E-state index contributed by atoms with van der Waals surface area (Å²) in [6, 6.07) is 0. The fourth-order valence-corrected chi connectivity index (χ4v) is 2.91. The smallest absolute Gasteiger partial charge is 0.000679 e. The molecular formula is C18H40N2. The quantitative estimate of drug-likeness (QED) is 0.429. The van der Waals surface area contributed by atoms with E-state index in [0.717, 1.165) is 5.92 Å². The lowest BCUT2D eigenvalue weighted by Crippen LogP contribution is -2.28. The van der Waals surface area contributed by atoms with Gasteiger partial charge in [0.1, 0.15) is 0 Å². The summed E-state index contributed by atoms with van der Waals surface area (Å²) in [6.45, 7) is 18.9. The Kier molecular flexibility index (Phi) is 13.8. The molecule has 0 rings (SSSR count). The van der Waals surface area contributed by atoms with Gasteiger partial charge in [-0.1, -0.05) is 60.3 Å². The zero-order chi connectivity index (χ0) is 15.2. The highest BCUT2D eigenvalue weighted by Crippen LogP contribution is 2.13. The summed E-state index contributed by atoms with van der Waals surface area (Å²) in [5.41, 5.74) is 0. The number of unbranched alkanes of at least 4 members (excludes halogenated alkanes) is 4. The number of nitrogens with zero attached hydrogens (tertiary/aromatic N) is 2. The van der Waals surface area contributed by atoms with E-state index in [1.165, 1.54) is 77.8 Å². The van der Waals surface area contributed by atoms with Crippen molar-refractivity contribution in [3.8, 4) is 0 Å². The molecule has 0 aliphatic carbocycles. The van der Waals surface area contributed by atoms with Crippen molar-refractivity contribution in [3.63, 3.8) is 0 Å². The van der Waals surface area contributed by atoms with Gasteiger partial charge in [0.25, 0.3) is 0 Å². The third-order valence-electron chi connectivity index (χ3n) is 4.53. The van der Waals surface area contributed by atoms with E-state index < -0.39 is 0 Å². The SMILES string of the molecule is CCN(CC)CCCCCCCC(C)CN(CC)CC. The topological polar surface area (TPSA) is 6.48 Å². The van der Waals surface area contributed by atoms with E-state index >= 15 is 0 Å². The lowest BCUT2D eigenvalue weighted by Gasteiger charge is -2.22. The van der Waals surface area contributed by atoms with Crippen LogP contribution in [-0.4, -0.2) is 49.1 Å². The monoisotopic (exact) mass is 284 g/mol. The molecule has 0 heterocycles. The highest BCUT2D eigenvalue weighted by atomic mass is 15.1. The van der Waals surface area contributed by atoms with Gasteiger partial charge in [0, 0.05) is 6.54 Å². The molecule has 1 unspecified atom stereocenters. The van der Waals surface area contributed by atoms with E-state index in [1.54, 1.807) is 0 Å². The van der Waals surface area contributed by atoms with Crippen LogP contribution in [0.5, 0.6) is 0 Å². The van der Waals surface area contributed by atoms with Crippen molar-refractivity contribution in [1.82, 2.24) is 9.80 Å². The Balaban J connectivity index is 3.39. The van der Waals surface area contributed by atoms with Gasteiger partial charge in [-0.3, -0.25) is 0 Å². The molecule has 0 aliphatic rings. The molecule has 20 heavy (non-hydrogen) atoms. The lowest BCUT2D eigenvalue weighted by molar-refractivity contribution is 0.251. The molecule has 0 saturated heterocycles. The molecule has 0 saturated carbocycles. The average Bonchev–Trinajstić information content (AvgIpc) is 2.47. The predicted octanol–water partition coefficient (Wildman–Crippen LogP) is 4.65. The minimum absolute atomic E-state index is 0.866. The van der Waals surface area contributed by atoms with Crippen LogP contribution in [0.15, 0.2) is 0 Å². The second-order valence-electron chi connectivity index (χ2n) is 6.17. The van der Waals surface area contributed by atoms with Gasteiger partial charge >= 0.3 is 0 Å². The first-order valence-electron chi connectivity index (χ1n) is 9.12. The zero-order valence-electron chi connectivity index (χ0n) is 15.0.